The fourth-order valence-electron chi connectivity index (χ4n) is 2.44. The Hall–Kier alpha value is -1.63. The summed E-state index contributed by atoms with van der Waals surface area (Å²) in [5.41, 5.74) is 0.946. The lowest BCUT2D eigenvalue weighted by atomic mass is 10.2. The lowest BCUT2D eigenvalue weighted by Crippen LogP contribution is -2.47. The van der Waals surface area contributed by atoms with Crippen LogP contribution in [0.3, 0.4) is 0 Å². The Balaban J connectivity index is 1.54. The first-order valence-corrected chi connectivity index (χ1v) is 6.63. The van der Waals surface area contributed by atoms with Gasteiger partial charge in [-0.3, -0.25) is 0 Å². The van der Waals surface area contributed by atoms with Gasteiger partial charge in [0, 0.05) is 0 Å². The van der Waals surface area contributed by atoms with E-state index in [0.29, 0.717) is 13.1 Å². The van der Waals surface area contributed by atoms with Crippen LogP contribution < -0.4 is 0 Å². The van der Waals surface area contributed by atoms with Crippen LogP contribution in [-0.2, 0) is 20.8 Å². The van der Waals surface area contributed by atoms with Crippen molar-refractivity contribution in [3.63, 3.8) is 0 Å². The van der Waals surface area contributed by atoms with E-state index < -0.39 is 6.29 Å². The van der Waals surface area contributed by atoms with Gasteiger partial charge in [0.2, 0.25) is 0 Å². The number of ether oxygens (including phenoxy) is 3. The van der Waals surface area contributed by atoms with Gasteiger partial charge in [-0.05, 0) is 5.56 Å². The molecule has 1 aromatic carbocycles. The Morgan fingerprint density at radius 3 is 2.85 bits per heavy atom. The van der Waals surface area contributed by atoms with Gasteiger partial charge in [0.05, 0.1) is 19.7 Å². The van der Waals surface area contributed by atoms with E-state index in [2.05, 4.69) is 0 Å². The SMILES string of the molecule is O=C(OCc1ccccc1)N1C[C@H]2O[C@@H](C1)[C@@H](CO)O2. The van der Waals surface area contributed by atoms with Crippen LogP contribution in [0.1, 0.15) is 5.56 Å². The summed E-state index contributed by atoms with van der Waals surface area (Å²) in [7, 11) is 0. The van der Waals surface area contributed by atoms with Crippen LogP contribution in [0.2, 0.25) is 0 Å². The van der Waals surface area contributed by atoms with Gasteiger partial charge in [-0.25, -0.2) is 4.79 Å². The highest BCUT2D eigenvalue weighted by atomic mass is 16.7. The summed E-state index contributed by atoms with van der Waals surface area (Å²) in [5.74, 6) is 0. The Morgan fingerprint density at radius 1 is 1.30 bits per heavy atom. The third-order valence-electron chi connectivity index (χ3n) is 3.48. The van der Waals surface area contributed by atoms with E-state index in [1.165, 1.54) is 0 Å². The smallest absolute Gasteiger partial charge is 0.410 e. The highest BCUT2D eigenvalue weighted by molar-refractivity contribution is 5.67. The molecule has 2 saturated heterocycles. The largest absolute Gasteiger partial charge is 0.445 e. The van der Waals surface area contributed by atoms with E-state index in [-0.39, 0.29) is 31.5 Å². The van der Waals surface area contributed by atoms with Gasteiger partial charge in [-0.15, -0.1) is 0 Å². The summed E-state index contributed by atoms with van der Waals surface area (Å²) in [5, 5.41) is 9.15. The van der Waals surface area contributed by atoms with Crippen molar-refractivity contribution in [1.29, 1.82) is 0 Å². The molecule has 20 heavy (non-hydrogen) atoms. The number of benzene rings is 1. The number of hydrogen-bond acceptors (Lipinski definition) is 5. The standard InChI is InChI=1S/C14H17NO5/c16-8-12-11-6-15(7-13(19-11)20-12)14(17)18-9-10-4-2-1-3-5-10/h1-5,11-13,16H,6-9H2/t11-,12+,13-/m0/s1. The number of fused-ring (bicyclic) bond motifs is 2. The summed E-state index contributed by atoms with van der Waals surface area (Å²) in [4.78, 5) is 13.6. The van der Waals surface area contributed by atoms with Crippen LogP contribution in [0.5, 0.6) is 0 Å². The number of nitrogens with zero attached hydrogens (tertiary/aromatic N) is 1. The van der Waals surface area contributed by atoms with Gasteiger partial charge in [0.1, 0.15) is 18.8 Å². The predicted octanol–water partition coefficient (Wildman–Crippen LogP) is 0.741. The highest BCUT2D eigenvalue weighted by Gasteiger charge is 2.43. The number of amides is 1. The number of carbonyl (C=O) groups is 1. The van der Waals surface area contributed by atoms with Gasteiger partial charge in [-0.2, -0.15) is 0 Å². The van der Waals surface area contributed by atoms with Crippen LogP contribution in [-0.4, -0.2) is 54.3 Å². The minimum absolute atomic E-state index is 0.103. The summed E-state index contributed by atoms with van der Waals surface area (Å²) in [6, 6.07) is 9.52. The average molecular weight is 279 g/mol. The summed E-state index contributed by atoms with van der Waals surface area (Å²) in [6.07, 6.45) is -1.47. The van der Waals surface area contributed by atoms with Crippen molar-refractivity contribution >= 4 is 6.09 Å². The van der Waals surface area contributed by atoms with Crippen molar-refractivity contribution < 1.29 is 24.1 Å². The average Bonchev–Trinajstić information content (AvgIpc) is 2.79. The molecule has 2 aliphatic heterocycles. The van der Waals surface area contributed by atoms with Gasteiger partial charge in [0.25, 0.3) is 0 Å². The predicted molar refractivity (Wildman–Crippen MR) is 68.8 cm³/mol. The number of aliphatic hydroxyl groups is 1. The second kappa shape index (κ2) is 5.78. The van der Waals surface area contributed by atoms with E-state index in [4.69, 9.17) is 19.3 Å². The number of hydrogen-bond donors (Lipinski definition) is 1. The summed E-state index contributed by atoms with van der Waals surface area (Å²) >= 11 is 0. The normalized spacial score (nSPS) is 28.4. The first-order chi connectivity index (χ1) is 9.76. The van der Waals surface area contributed by atoms with Crippen molar-refractivity contribution in [2.45, 2.75) is 25.1 Å². The summed E-state index contributed by atoms with van der Waals surface area (Å²) < 4.78 is 16.2. The molecule has 0 saturated carbocycles. The Labute approximate surface area is 116 Å². The molecule has 2 fully saturated rings. The molecular formula is C14H17NO5. The maximum atomic E-state index is 12.0. The minimum Gasteiger partial charge on any atom is -0.445 e. The fraction of sp³-hybridized carbons (Fsp3) is 0.500. The van der Waals surface area contributed by atoms with E-state index in [1.54, 1.807) is 4.90 Å². The molecule has 108 valence electrons. The molecular weight excluding hydrogens is 262 g/mol. The Morgan fingerprint density at radius 2 is 2.10 bits per heavy atom. The first kappa shape index (κ1) is 13.4. The zero-order valence-corrected chi connectivity index (χ0v) is 11.0. The molecule has 3 atom stereocenters. The molecule has 6 nitrogen and oxygen atoms in total. The first-order valence-electron chi connectivity index (χ1n) is 6.63. The second-order valence-corrected chi connectivity index (χ2v) is 4.91. The molecule has 2 aliphatic rings. The van der Waals surface area contributed by atoms with E-state index in [0.717, 1.165) is 5.56 Å². The van der Waals surface area contributed by atoms with E-state index >= 15 is 0 Å². The van der Waals surface area contributed by atoms with Crippen molar-refractivity contribution in [1.82, 2.24) is 4.90 Å². The maximum Gasteiger partial charge on any atom is 0.410 e. The van der Waals surface area contributed by atoms with Crippen LogP contribution in [0.15, 0.2) is 30.3 Å². The molecule has 0 aliphatic carbocycles. The quantitative estimate of drug-likeness (QED) is 0.884. The number of rotatable bonds is 3. The van der Waals surface area contributed by atoms with Crippen molar-refractivity contribution in [3.05, 3.63) is 35.9 Å². The van der Waals surface area contributed by atoms with E-state index in [1.807, 2.05) is 30.3 Å². The Kier molecular flexibility index (Phi) is 3.86. The summed E-state index contributed by atoms with van der Waals surface area (Å²) in [6.45, 7) is 0.862. The third-order valence-corrected chi connectivity index (χ3v) is 3.48. The second-order valence-electron chi connectivity index (χ2n) is 4.91. The monoisotopic (exact) mass is 279 g/mol. The molecule has 0 aromatic heterocycles. The minimum atomic E-state index is -0.463. The number of morpholine rings is 1. The zero-order chi connectivity index (χ0) is 13.9. The van der Waals surface area contributed by atoms with Gasteiger partial charge < -0.3 is 24.2 Å². The molecule has 2 bridgehead atoms. The molecule has 0 radical (unpaired) electrons. The molecule has 6 heteroatoms. The van der Waals surface area contributed by atoms with Crippen LogP contribution in [0.25, 0.3) is 0 Å². The van der Waals surface area contributed by atoms with Gasteiger partial charge in [0.15, 0.2) is 6.29 Å². The Bertz CT molecular complexity index is 466. The molecule has 1 aromatic rings. The lowest BCUT2D eigenvalue weighted by Gasteiger charge is -2.30. The molecule has 0 spiro atoms. The number of aliphatic hydroxyl groups excluding tert-OH is 1. The number of carbonyl (C=O) groups excluding carboxylic acids is 1. The van der Waals surface area contributed by atoms with Crippen molar-refractivity contribution in [3.8, 4) is 0 Å². The van der Waals surface area contributed by atoms with E-state index in [9.17, 15) is 4.79 Å². The fourth-order valence-corrected chi connectivity index (χ4v) is 2.44. The molecule has 2 heterocycles. The molecule has 1 amide bonds. The zero-order valence-electron chi connectivity index (χ0n) is 11.0. The van der Waals surface area contributed by atoms with Crippen molar-refractivity contribution in [2.24, 2.45) is 0 Å². The van der Waals surface area contributed by atoms with Gasteiger partial charge in [-0.1, -0.05) is 30.3 Å². The van der Waals surface area contributed by atoms with Crippen LogP contribution in [0.4, 0.5) is 4.79 Å². The molecule has 1 N–H and O–H groups in total. The lowest BCUT2D eigenvalue weighted by molar-refractivity contribution is -0.107. The maximum absolute atomic E-state index is 12.0. The third kappa shape index (κ3) is 2.77. The highest BCUT2D eigenvalue weighted by Crippen LogP contribution is 2.26. The van der Waals surface area contributed by atoms with Crippen LogP contribution in [0, 0.1) is 0 Å². The molecule has 0 unspecified atom stereocenters. The topological polar surface area (TPSA) is 68.2 Å². The van der Waals surface area contributed by atoms with Crippen LogP contribution >= 0.6 is 0 Å². The van der Waals surface area contributed by atoms with Crippen molar-refractivity contribution in [2.75, 3.05) is 19.7 Å². The molecule has 3 rings (SSSR count). The van der Waals surface area contributed by atoms with Gasteiger partial charge >= 0.3 is 6.09 Å².